The number of nitrogens with zero attached hydrogens (tertiary/aromatic N) is 2. The quantitative estimate of drug-likeness (QED) is 0.913. The molecule has 0 spiro atoms. The Morgan fingerprint density at radius 1 is 1.10 bits per heavy atom. The molecule has 0 aliphatic rings. The summed E-state index contributed by atoms with van der Waals surface area (Å²) in [4.78, 5) is 17.5. The number of carbonyl (C=O) groups is 1. The van der Waals surface area contributed by atoms with Crippen LogP contribution in [0.4, 0.5) is 5.69 Å². The van der Waals surface area contributed by atoms with E-state index in [9.17, 15) is 13.2 Å². The van der Waals surface area contributed by atoms with E-state index in [4.69, 9.17) is 5.14 Å². The van der Waals surface area contributed by atoms with Gasteiger partial charge >= 0.3 is 0 Å². The first-order valence-electron chi connectivity index (χ1n) is 5.70. The molecular weight excluding hydrogens is 278 g/mol. The monoisotopic (exact) mass is 291 g/mol. The standard InChI is InChI=1S/C13H13N3O3S/c1-16(13(17)10-6-8-15-9-7-10)11-2-4-12(5-3-11)20(14,18)19/h2-9H,1H3,(H2,14,18,19). The fourth-order valence-corrected chi connectivity index (χ4v) is 2.18. The van der Waals surface area contributed by atoms with Gasteiger partial charge in [-0.05, 0) is 36.4 Å². The van der Waals surface area contributed by atoms with Gasteiger partial charge in [0.1, 0.15) is 0 Å². The van der Waals surface area contributed by atoms with Crippen LogP contribution < -0.4 is 10.0 Å². The van der Waals surface area contributed by atoms with Crippen LogP contribution >= 0.6 is 0 Å². The number of sulfonamides is 1. The maximum absolute atomic E-state index is 12.2. The number of nitrogens with two attached hydrogens (primary N) is 1. The lowest BCUT2D eigenvalue weighted by Gasteiger charge is -2.17. The predicted octanol–water partition coefficient (Wildman–Crippen LogP) is 1.01. The first-order valence-corrected chi connectivity index (χ1v) is 7.25. The summed E-state index contributed by atoms with van der Waals surface area (Å²) < 4.78 is 22.3. The van der Waals surface area contributed by atoms with E-state index in [1.165, 1.54) is 41.6 Å². The lowest BCUT2D eigenvalue weighted by atomic mass is 10.2. The van der Waals surface area contributed by atoms with E-state index >= 15 is 0 Å². The van der Waals surface area contributed by atoms with E-state index in [1.807, 2.05) is 0 Å². The van der Waals surface area contributed by atoms with Gasteiger partial charge in [0.25, 0.3) is 5.91 Å². The first kappa shape index (κ1) is 14.2. The third kappa shape index (κ3) is 3.01. The van der Waals surface area contributed by atoms with Crippen LogP contribution in [0, 0.1) is 0 Å². The molecule has 6 nitrogen and oxygen atoms in total. The number of rotatable bonds is 3. The van der Waals surface area contributed by atoms with Crippen molar-refractivity contribution >= 4 is 21.6 Å². The molecule has 2 N–H and O–H groups in total. The normalized spacial score (nSPS) is 11.1. The Hall–Kier alpha value is -2.25. The highest BCUT2D eigenvalue weighted by Crippen LogP contribution is 2.18. The molecule has 1 heterocycles. The van der Waals surface area contributed by atoms with Crippen LogP contribution in [0.25, 0.3) is 0 Å². The molecule has 0 atom stereocenters. The van der Waals surface area contributed by atoms with Gasteiger partial charge in [0.05, 0.1) is 4.90 Å². The summed E-state index contributed by atoms with van der Waals surface area (Å²) in [6.45, 7) is 0. The Morgan fingerprint density at radius 2 is 1.65 bits per heavy atom. The Balaban J connectivity index is 2.26. The van der Waals surface area contributed by atoms with Gasteiger partial charge in [0, 0.05) is 30.7 Å². The van der Waals surface area contributed by atoms with Crippen LogP contribution in [0.5, 0.6) is 0 Å². The molecule has 0 aliphatic carbocycles. The second-order valence-electron chi connectivity index (χ2n) is 4.14. The van der Waals surface area contributed by atoms with Crippen LogP contribution in [-0.4, -0.2) is 26.4 Å². The molecule has 0 saturated heterocycles. The summed E-state index contributed by atoms with van der Waals surface area (Å²) >= 11 is 0. The van der Waals surface area contributed by atoms with E-state index < -0.39 is 10.0 Å². The van der Waals surface area contributed by atoms with Crippen molar-refractivity contribution in [3.8, 4) is 0 Å². The fourth-order valence-electron chi connectivity index (χ4n) is 1.66. The van der Waals surface area contributed by atoms with Crippen molar-refractivity contribution < 1.29 is 13.2 Å². The highest BCUT2D eigenvalue weighted by Gasteiger charge is 2.14. The molecule has 0 fully saturated rings. The van der Waals surface area contributed by atoms with Gasteiger partial charge in [-0.2, -0.15) is 0 Å². The van der Waals surface area contributed by atoms with Crippen LogP contribution in [-0.2, 0) is 10.0 Å². The molecule has 0 radical (unpaired) electrons. The summed E-state index contributed by atoms with van der Waals surface area (Å²) in [5, 5.41) is 5.02. The smallest absolute Gasteiger partial charge is 0.258 e. The van der Waals surface area contributed by atoms with Gasteiger partial charge in [0.2, 0.25) is 10.0 Å². The van der Waals surface area contributed by atoms with Crippen molar-refractivity contribution in [2.24, 2.45) is 5.14 Å². The highest BCUT2D eigenvalue weighted by molar-refractivity contribution is 7.89. The maximum atomic E-state index is 12.2. The zero-order chi connectivity index (χ0) is 14.8. The van der Waals surface area contributed by atoms with Gasteiger partial charge in [-0.3, -0.25) is 9.78 Å². The molecule has 104 valence electrons. The lowest BCUT2D eigenvalue weighted by Crippen LogP contribution is -2.26. The van der Waals surface area contributed by atoms with Gasteiger partial charge in [-0.1, -0.05) is 0 Å². The van der Waals surface area contributed by atoms with Crippen molar-refractivity contribution in [2.75, 3.05) is 11.9 Å². The summed E-state index contributed by atoms with van der Waals surface area (Å²) in [7, 11) is -2.12. The van der Waals surface area contributed by atoms with Gasteiger partial charge in [0.15, 0.2) is 0 Å². The Bertz CT molecular complexity index is 712. The number of hydrogen-bond acceptors (Lipinski definition) is 4. The second kappa shape index (κ2) is 5.40. The van der Waals surface area contributed by atoms with E-state index in [0.717, 1.165) is 0 Å². The number of anilines is 1. The van der Waals surface area contributed by atoms with E-state index in [-0.39, 0.29) is 10.8 Å². The molecule has 2 aromatic rings. The molecule has 1 amide bonds. The molecule has 0 saturated carbocycles. The predicted molar refractivity (Wildman–Crippen MR) is 74.8 cm³/mol. The summed E-state index contributed by atoms with van der Waals surface area (Å²) in [6.07, 6.45) is 3.07. The van der Waals surface area contributed by atoms with Crippen LogP contribution in [0.3, 0.4) is 0 Å². The van der Waals surface area contributed by atoms with Crippen molar-refractivity contribution in [3.63, 3.8) is 0 Å². The highest BCUT2D eigenvalue weighted by atomic mass is 32.2. The van der Waals surface area contributed by atoms with Crippen LogP contribution in [0.15, 0.2) is 53.7 Å². The molecule has 1 aromatic heterocycles. The minimum atomic E-state index is -3.73. The maximum Gasteiger partial charge on any atom is 0.258 e. The van der Waals surface area contributed by atoms with Gasteiger partial charge < -0.3 is 4.90 Å². The molecular formula is C13H13N3O3S. The van der Waals surface area contributed by atoms with Crippen molar-refractivity contribution in [3.05, 3.63) is 54.4 Å². The minimum absolute atomic E-state index is 0.00556. The van der Waals surface area contributed by atoms with Gasteiger partial charge in [-0.15, -0.1) is 0 Å². The lowest BCUT2D eigenvalue weighted by molar-refractivity contribution is 0.0993. The molecule has 7 heteroatoms. The second-order valence-corrected chi connectivity index (χ2v) is 5.70. The van der Waals surface area contributed by atoms with Crippen molar-refractivity contribution in [2.45, 2.75) is 4.90 Å². The first-order chi connectivity index (χ1) is 9.39. The number of carbonyl (C=O) groups excluding carboxylic acids is 1. The number of aromatic nitrogens is 1. The third-order valence-corrected chi connectivity index (χ3v) is 3.71. The van der Waals surface area contributed by atoms with E-state index in [1.54, 1.807) is 19.2 Å². The SMILES string of the molecule is CN(C(=O)c1ccncc1)c1ccc(S(N)(=O)=O)cc1. The molecule has 2 rings (SSSR count). The Kier molecular flexibility index (Phi) is 3.82. The number of benzene rings is 1. The zero-order valence-corrected chi connectivity index (χ0v) is 11.5. The number of pyridine rings is 1. The van der Waals surface area contributed by atoms with Crippen LogP contribution in [0.1, 0.15) is 10.4 Å². The van der Waals surface area contributed by atoms with Crippen LogP contribution in [0.2, 0.25) is 0 Å². The average molecular weight is 291 g/mol. The topological polar surface area (TPSA) is 93.4 Å². The zero-order valence-electron chi connectivity index (χ0n) is 10.7. The number of hydrogen-bond donors (Lipinski definition) is 1. The van der Waals surface area contributed by atoms with Crippen molar-refractivity contribution in [1.29, 1.82) is 0 Å². The molecule has 20 heavy (non-hydrogen) atoms. The molecule has 1 aromatic carbocycles. The van der Waals surface area contributed by atoms with E-state index in [2.05, 4.69) is 4.98 Å². The Labute approximate surface area is 116 Å². The van der Waals surface area contributed by atoms with Crippen molar-refractivity contribution in [1.82, 2.24) is 4.98 Å². The van der Waals surface area contributed by atoms with Gasteiger partial charge in [-0.25, -0.2) is 13.6 Å². The number of amides is 1. The summed E-state index contributed by atoms with van der Waals surface area (Å²) in [5.74, 6) is -0.212. The summed E-state index contributed by atoms with van der Waals surface area (Å²) in [5.41, 5.74) is 1.07. The average Bonchev–Trinajstić information content (AvgIpc) is 2.46. The minimum Gasteiger partial charge on any atom is -0.311 e. The molecule has 0 bridgehead atoms. The van der Waals surface area contributed by atoms with E-state index in [0.29, 0.717) is 11.3 Å². The largest absolute Gasteiger partial charge is 0.311 e. The third-order valence-electron chi connectivity index (χ3n) is 2.78. The molecule has 0 unspecified atom stereocenters. The number of primary sulfonamides is 1. The fraction of sp³-hybridized carbons (Fsp3) is 0.0769. The Morgan fingerprint density at radius 3 is 2.15 bits per heavy atom. The molecule has 0 aliphatic heterocycles. The summed E-state index contributed by atoms with van der Waals surface area (Å²) in [6, 6.07) is 8.99.